The van der Waals surface area contributed by atoms with Gasteiger partial charge in [0.25, 0.3) is 0 Å². The summed E-state index contributed by atoms with van der Waals surface area (Å²) in [5.41, 5.74) is 0.237. The molecule has 1 atom stereocenters. The Kier molecular flexibility index (Phi) is 4.62. The number of likely N-dealkylation sites (N-methyl/N-ethyl adjacent to an activating group) is 1. The number of nitrogens with zero attached hydrogens (tertiary/aromatic N) is 1. The first kappa shape index (κ1) is 13.8. The van der Waals surface area contributed by atoms with E-state index in [1.807, 2.05) is 6.92 Å². The number of nitrogens with one attached hydrogen (secondary N) is 2. The van der Waals surface area contributed by atoms with Crippen molar-refractivity contribution in [1.29, 1.82) is 0 Å². The Labute approximate surface area is 110 Å². The summed E-state index contributed by atoms with van der Waals surface area (Å²) >= 11 is 0. The van der Waals surface area contributed by atoms with Crippen LogP contribution in [0.1, 0.15) is 46.0 Å². The largest absolute Gasteiger partial charge is 0.355 e. The van der Waals surface area contributed by atoms with E-state index in [-0.39, 0.29) is 17.5 Å². The molecular formula is C14H27N3O. The van der Waals surface area contributed by atoms with Crippen LogP contribution < -0.4 is 10.6 Å². The number of hydrogen-bond donors (Lipinski definition) is 2. The number of carbonyl (C=O) groups excluding carboxylic acids is 1. The second-order valence-corrected chi connectivity index (χ2v) is 5.73. The Morgan fingerprint density at radius 1 is 1.39 bits per heavy atom. The molecule has 1 saturated heterocycles. The van der Waals surface area contributed by atoms with E-state index in [1.165, 1.54) is 32.1 Å². The Bertz CT molecular complexity index is 278. The molecular weight excluding hydrogens is 226 g/mol. The zero-order valence-corrected chi connectivity index (χ0v) is 11.8. The van der Waals surface area contributed by atoms with Gasteiger partial charge in [0, 0.05) is 31.7 Å². The lowest BCUT2D eigenvalue weighted by Crippen LogP contribution is -2.66. The fraction of sp³-hybridized carbons (Fsp3) is 0.929. The molecule has 1 saturated carbocycles. The van der Waals surface area contributed by atoms with Gasteiger partial charge in [0.2, 0.25) is 5.91 Å². The fourth-order valence-corrected chi connectivity index (χ4v) is 3.60. The van der Waals surface area contributed by atoms with Crippen molar-refractivity contribution >= 4 is 5.91 Å². The molecule has 1 unspecified atom stereocenters. The molecule has 4 nitrogen and oxygen atoms in total. The van der Waals surface area contributed by atoms with Crippen LogP contribution in [0.2, 0.25) is 0 Å². The Morgan fingerprint density at radius 2 is 2.11 bits per heavy atom. The summed E-state index contributed by atoms with van der Waals surface area (Å²) in [5, 5.41) is 6.49. The third kappa shape index (κ3) is 2.69. The van der Waals surface area contributed by atoms with Gasteiger partial charge < -0.3 is 10.6 Å². The summed E-state index contributed by atoms with van der Waals surface area (Å²) in [4.78, 5) is 14.6. The Morgan fingerprint density at radius 3 is 2.78 bits per heavy atom. The van der Waals surface area contributed by atoms with Gasteiger partial charge in [0.05, 0.1) is 6.04 Å². The van der Waals surface area contributed by atoms with Crippen molar-refractivity contribution < 1.29 is 4.79 Å². The fourth-order valence-electron chi connectivity index (χ4n) is 3.60. The number of piperazine rings is 1. The molecule has 1 aliphatic carbocycles. The Hall–Kier alpha value is -0.610. The second kappa shape index (κ2) is 6.02. The smallest absolute Gasteiger partial charge is 0.237 e. The van der Waals surface area contributed by atoms with Gasteiger partial charge in [-0.3, -0.25) is 9.69 Å². The van der Waals surface area contributed by atoms with E-state index in [2.05, 4.69) is 22.5 Å². The highest BCUT2D eigenvalue weighted by Gasteiger charge is 2.43. The maximum Gasteiger partial charge on any atom is 0.237 e. The molecule has 0 aromatic heterocycles. The van der Waals surface area contributed by atoms with Crippen LogP contribution in [0, 0.1) is 0 Å². The van der Waals surface area contributed by atoms with Gasteiger partial charge in [-0.25, -0.2) is 0 Å². The van der Waals surface area contributed by atoms with Crippen molar-refractivity contribution in [1.82, 2.24) is 15.5 Å². The van der Waals surface area contributed by atoms with Crippen molar-refractivity contribution in [3.8, 4) is 0 Å². The van der Waals surface area contributed by atoms with Crippen LogP contribution >= 0.6 is 0 Å². The predicted octanol–water partition coefficient (Wildman–Crippen LogP) is 1.12. The topological polar surface area (TPSA) is 44.4 Å². The summed E-state index contributed by atoms with van der Waals surface area (Å²) < 4.78 is 0. The van der Waals surface area contributed by atoms with Gasteiger partial charge in [0.1, 0.15) is 0 Å². The highest BCUT2D eigenvalue weighted by Crippen LogP contribution is 2.35. The van der Waals surface area contributed by atoms with Gasteiger partial charge in [-0.2, -0.15) is 0 Å². The number of hydrogen-bond acceptors (Lipinski definition) is 3. The molecule has 0 radical (unpaired) electrons. The molecule has 18 heavy (non-hydrogen) atoms. The zero-order chi connectivity index (χ0) is 13.0. The molecule has 104 valence electrons. The maximum absolute atomic E-state index is 12.1. The number of amides is 1. The number of carbonyl (C=O) groups is 1. The van der Waals surface area contributed by atoms with Crippen LogP contribution in [0.4, 0.5) is 0 Å². The molecule has 2 rings (SSSR count). The van der Waals surface area contributed by atoms with Gasteiger partial charge in [0.15, 0.2) is 0 Å². The third-order valence-corrected chi connectivity index (χ3v) is 4.58. The molecule has 1 spiro atoms. The highest BCUT2D eigenvalue weighted by molar-refractivity contribution is 5.81. The van der Waals surface area contributed by atoms with E-state index in [4.69, 9.17) is 0 Å². The lowest BCUT2D eigenvalue weighted by Gasteiger charge is -2.51. The minimum Gasteiger partial charge on any atom is -0.355 e. The van der Waals surface area contributed by atoms with Crippen LogP contribution in [0.5, 0.6) is 0 Å². The van der Waals surface area contributed by atoms with E-state index in [0.29, 0.717) is 0 Å². The van der Waals surface area contributed by atoms with Gasteiger partial charge >= 0.3 is 0 Å². The summed E-state index contributed by atoms with van der Waals surface area (Å²) in [6.45, 7) is 7.83. The maximum atomic E-state index is 12.1. The van der Waals surface area contributed by atoms with Crippen LogP contribution in [0.15, 0.2) is 0 Å². The standard InChI is InChI=1S/C14H27N3O/c1-3-16-13(18)12(2)17-10-9-15-11-14(17)7-5-4-6-8-14/h12,15H,3-11H2,1-2H3,(H,16,18). The molecule has 1 heterocycles. The third-order valence-electron chi connectivity index (χ3n) is 4.58. The van der Waals surface area contributed by atoms with E-state index in [1.54, 1.807) is 0 Å². The average Bonchev–Trinajstić information content (AvgIpc) is 2.40. The van der Waals surface area contributed by atoms with Gasteiger partial charge in [-0.1, -0.05) is 19.3 Å². The molecule has 2 N–H and O–H groups in total. The highest BCUT2D eigenvalue weighted by atomic mass is 16.2. The summed E-state index contributed by atoms with van der Waals surface area (Å²) in [7, 11) is 0. The summed E-state index contributed by atoms with van der Waals surface area (Å²) in [6, 6.07) is 0.00477. The van der Waals surface area contributed by atoms with Crippen molar-refractivity contribution in [3.63, 3.8) is 0 Å². The lowest BCUT2D eigenvalue weighted by atomic mass is 9.78. The molecule has 0 bridgehead atoms. The van der Waals surface area contributed by atoms with Crippen molar-refractivity contribution in [3.05, 3.63) is 0 Å². The molecule has 2 fully saturated rings. The van der Waals surface area contributed by atoms with E-state index in [9.17, 15) is 4.79 Å². The molecule has 4 heteroatoms. The minimum absolute atomic E-state index is 0.00477. The van der Waals surface area contributed by atoms with Crippen molar-refractivity contribution in [2.45, 2.75) is 57.5 Å². The van der Waals surface area contributed by atoms with E-state index >= 15 is 0 Å². The van der Waals surface area contributed by atoms with Gasteiger partial charge in [-0.05, 0) is 26.7 Å². The first-order valence-corrected chi connectivity index (χ1v) is 7.45. The van der Waals surface area contributed by atoms with Crippen molar-refractivity contribution in [2.24, 2.45) is 0 Å². The van der Waals surface area contributed by atoms with Gasteiger partial charge in [-0.15, -0.1) is 0 Å². The quantitative estimate of drug-likeness (QED) is 0.792. The SMILES string of the molecule is CCNC(=O)C(C)N1CCNCC12CCCCC2. The number of rotatable bonds is 3. The monoisotopic (exact) mass is 253 g/mol. The van der Waals surface area contributed by atoms with Crippen LogP contribution in [0.25, 0.3) is 0 Å². The van der Waals surface area contributed by atoms with E-state index in [0.717, 1.165) is 26.2 Å². The average molecular weight is 253 g/mol. The molecule has 2 aliphatic rings. The molecule has 0 aromatic carbocycles. The lowest BCUT2D eigenvalue weighted by molar-refractivity contribution is -0.130. The molecule has 1 aliphatic heterocycles. The first-order chi connectivity index (χ1) is 8.69. The molecule has 0 aromatic rings. The minimum atomic E-state index is 0.00477. The zero-order valence-electron chi connectivity index (χ0n) is 11.8. The van der Waals surface area contributed by atoms with Crippen LogP contribution in [-0.2, 0) is 4.79 Å². The summed E-state index contributed by atoms with van der Waals surface area (Å²) in [5.74, 6) is 0.185. The van der Waals surface area contributed by atoms with E-state index < -0.39 is 0 Å². The first-order valence-electron chi connectivity index (χ1n) is 7.45. The van der Waals surface area contributed by atoms with Crippen molar-refractivity contribution in [2.75, 3.05) is 26.2 Å². The normalized spacial score (nSPS) is 25.9. The van der Waals surface area contributed by atoms with Crippen LogP contribution in [0.3, 0.4) is 0 Å². The summed E-state index contributed by atoms with van der Waals surface area (Å²) in [6.07, 6.45) is 6.44. The Balaban J connectivity index is 2.09. The predicted molar refractivity (Wildman–Crippen MR) is 73.5 cm³/mol. The molecule has 1 amide bonds. The van der Waals surface area contributed by atoms with Crippen LogP contribution in [-0.4, -0.2) is 48.6 Å². The second-order valence-electron chi connectivity index (χ2n) is 5.73.